The standard InChI is InChI=1S/C13H21N3O2/c1-4-10-8-11(15(2)14-10)9-16-7-5-6-12(16)13(17)18-3/h8,12H,4-7,9H2,1-3H3. The van der Waals surface area contributed by atoms with E-state index in [2.05, 4.69) is 23.0 Å². The Morgan fingerprint density at radius 3 is 3.00 bits per heavy atom. The molecule has 1 atom stereocenters. The average Bonchev–Trinajstić information content (AvgIpc) is 2.96. The van der Waals surface area contributed by atoms with Gasteiger partial charge in [0.1, 0.15) is 6.04 Å². The summed E-state index contributed by atoms with van der Waals surface area (Å²) >= 11 is 0. The molecule has 18 heavy (non-hydrogen) atoms. The number of rotatable bonds is 4. The Bertz CT molecular complexity index is 428. The Labute approximate surface area is 108 Å². The molecule has 1 unspecified atom stereocenters. The molecule has 0 aromatic carbocycles. The molecular weight excluding hydrogens is 230 g/mol. The fraction of sp³-hybridized carbons (Fsp3) is 0.692. The zero-order chi connectivity index (χ0) is 13.1. The number of carbonyl (C=O) groups excluding carboxylic acids is 1. The van der Waals surface area contributed by atoms with Gasteiger partial charge in [0.05, 0.1) is 18.5 Å². The molecule has 2 rings (SSSR count). The van der Waals surface area contributed by atoms with Gasteiger partial charge in [-0.1, -0.05) is 6.92 Å². The van der Waals surface area contributed by atoms with Crippen LogP contribution in [0.15, 0.2) is 6.07 Å². The van der Waals surface area contributed by atoms with Gasteiger partial charge in [0.25, 0.3) is 0 Å². The van der Waals surface area contributed by atoms with Crippen molar-refractivity contribution >= 4 is 5.97 Å². The lowest BCUT2D eigenvalue weighted by atomic mass is 10.2. The third kappa shape index (κ3) is 2.56. The van der Waals surface area contributed by atoms with E-state index in [0.29, 0.717) is 0 Å². The topological polar surface area (TPSA) is 47.4 Å². The molecule has 1 aliphatic rings. The highest BCUT2D eigenvalue weighted by Gasteiger charge is 2.31. The summed E-state index contributed by atoms with van der Waals surface area (Å²) in [7, 11) is 3.41. The molecule has 5 heteroatoms. The van der Waals surface area contributed by atoms with Crippen molar-refractivity contribution in [3.63, 3.8) is 0 Å². The third-order valence-electron chi connectivity index (χ3n) is 3.59. The molecule has 1 saturated heterocycles. The van der Waals surface area contributed by atoms with Gasteiger partial charge >= 0.3 is 5.97 Å². The highest BCUT2D eigenvalue weighted by molar-refractivity contribution is 5.75. The Balaban J connectivity index is 2.07. The maximum absolute atomic E-state index is 11.7. The van der Waals surface area contributed by atoms with Crippen LogP contribution in [0.5, 0.6) is 0 Å². The normalized spacial score (nSPS) is 20.3. The van der Waals surface area contributed by atoms with Crippen LogP contribution in [-0.4, -0.2) is 40.3 Å². The monoisotopic (exact) mass is 251 g/mol. The predicted molar refractivity (Wildman–Crippen MR) is 68.0 cm³/mol. The van der Waals surface area contributed by atoms with Crippen LogP contribution in [0.3, 0.4) is 0 Å². The number of hydrogen-bond acceptors (Lipinski definition) is 4. The molecule has 100 valence electrons. The predicted octanol–water partition coefficient (Wildman–Crippen LogP) is 1.12. The molecule has 1 aromatic rings. The highest BCUT2D eigenvalue weighted by Crippen LogP contribution is 2.21. The summed E-state index contributed by atoms with van der Waals surface area (Å²) in [5.41, 5.74) is 2.25. The molecule has 1 aliphatic heterocycles. The zero-order valence-corrected chi connectivity index (χ0v) is 11.3. The molecule has 2 heterocycles. The first-order valence-corrected chi connectivity index (χ1v) is 6.49. The Hall–Kier alpha value is -1.36. The van der Waals surface area contributed by atoms with Gasteiger partial charge in [-0.3, -0.25) is 14.4 Å². The van der Waals surface area contributed by atoms with Gasteiger partial charge in [-0.25, -0.2) is 0 Å². The molecule has 5 nitrogen and oxygen atoms in total. The molecule has 1 aromatic heterocycles. The second-order valence-electron chi connectivity index (χ2n) is 4.76. The summed E-state index contributed by atoms with van der Waals surface area (Å²) in [6.07, 6.45) is 2.89. The van der Waals surface area contributed by atoms with Crippen molar-refractivity contribution in [2.24, 2.45) is 7.05 Å². The van der Waals surface area contributed by atoms with Crippen molar-refractivity contribution in [1.82, 2.24) is 14.7 Å². The lowest BCUT2D eigenvalue weighted by molar-refractivity contribution is -0.146. The van der Waals surface area contributed by atoms with E-state index in [9.17, 15) is 4.79 Å². The van der Waals surface area contributed by atoms with E-state index < -0.39 is 0 Å². The quantitative estimate of drug-likeness (QED) is 0.752. The molecule has 1 fully saturated rings. The van der Waals surface area contributed by atoms with Crippen LogP contribution in [0.25, 0.3) is 0 Å². The number of aromatic nitrogens is 2. The number of nitrogens with zero attached hydrogens (tertiary/aromatic N) is 3. The van der Waals surface area contributed by atoms with Gasteiger partial charge in [0.15, 0.2) is 0 Å². The first-order valence-electron chi connectivity index (χ1n) is 6.49. The fourth-order valence-corrected chi connectivity index (χ4v) is 2.52. The largest absolute Gasteiger partial charge is 0.468 e. The van der Waals surface area contributed by atoms with Gasteiger partial charge in [-0.2, -0.15) is 5.10 Å². The average molecular weight is 251 g/mol. The Morgan fingerprint density at radius 2 is 2.39 bits per heavy atom. The molecule has 0 aliphatic carbocycles. The van der Waals surface area contributed by atoms with Gasteiger partial charge in [0.2, 0.25) is 0 Å². The number of aryl methyl sites for hydroxylation is 2. The van der Waals surface area contributed by atoms with Crippen LogP contribution in [0.1, 0.15) is 31.2 Å². The van der Waals surface area contributed by atoms with Crippen molar-refractivity contribution in [2.75, 3.05) is 13.7 Å². The first-order chi connectivity index (χ1) is 8.65. The van der Waals surface area contributed by atoms with Gasteiger partial charge < -0.3 is 4.74 Å². The SMILES string of the molecule is CCc1cc(CN2CCCC2C(=O)OC)n(C)n1. The Kier molecular flexibility index (Phi) is 4.01. The van der Waals surface area contributed by atoms with Crippen LogP contribution in [-0.2, 0) is 29.5 Å². The van der Waals surface area contributed by atoms with E-state index in [1.54, 1.807) is 0 Å². The minimum absolute atomic E-state index is 0.0880. The van der Waals surface area contributed by atoms with Crippen LogP contribution >= 0.6 is 0 Å². The molecule has 0 bridgehead atoms. The van der Waals surface area contributed by atoms with Crippen LogP contribution < -0.4 is 0 Å². The number of hydrogen-bond donors (Lipinski definition) is 0. The van der Waals surface area contributed by atoms with Crippen molar-refractivity contribution < 1.29 is 9.53 Å². The van der Waals surface area contributed by atoms with Gasteiger partial charge in [-0.15, -0.1) is 0 Å². The van der Waals surface area contributed by atoms with E-state index >= 15 is 0 Å². The minimum Gasteiger partial charge on any atom is -0.468 e. The number of carbonyl (C=O) groups is 1. The summed E-state index contributed by atoms with van der Waals surface area (Å²) in [5.74, 6) is -0.120. The molecule has 0 spiro atoms. The summed E-state index contributed by atoms with van der Waals surface area (Å²) in [6.45, 7) is 3.81. The zero-order valence-electron chi connectivity index (χ0n) is 11.3. The second-order valence-corrected chi connectivity index (χ2v) is 4.76. The van der Waals surface area contributed by atoms with Crippen molar-refractivity contribution in [3.8, 4) is 0 Å². The number of ether oxygens (including phenoxy) is 1. The van der Waals surface area contributed by atoms with Crippen molar-refractivity contribution in [1.29, 1.82) is 0 Å². The van der Waals surface area contributed by atoms with E-state index in [1.807, 2.05) is 11.7 Å². The lowest BCUT2D eigenvalue weighted by Crippen LogP contribution is -2.36. The molecule has 0 amide bonds. The molecule has 0 N–H and O–H groups in total. The maximum atomic E-state index is 11.7. The smallest absolute Gasteiger partial charge is 0.323 e. The van der Waals surface area contributed by atoms with Crippen LogP contribution in [0, 0.1) is 0 Å². The number of methoxy groups -OCH3 is 1. The van der Waals surface area contributed by atoms with E-state index in [-0.39, 0.29) is 12.0 Å². The van der Waals surface area contributed by atoms with Gasteiger partial charge in [-0.05, 0) is 31.9 Å². The van der Waals surface area contributed by atoms with E-state index in [0.717, 1.165) is 43.7 Å². The minimum atomic E-state index is -0.120. The third-order valence-corrected chi connectivity index (χ3v) is 3.59. The van der Waals surface area contributed by atoms with Crippen molar-refractivity contribution in [2.45, 2.75) is 38.8 Å². The Morgan fingerprint density at radius 1 is 1.61 bits per heavy atom. The number of esters is 1. The summed E-state index contributed by atoms with van der Waals surface area (Å²) in [5, 5.41) is 4.44. The molecule has 0 saturated carbocycles. The van der Waals surface area contributed by atoms with Gasteiger partial charge in [0, 0.05) is 13.6 Å². The summed E-state index contributed by atoms with van der Waals surface area (Å²) in [6, 6.07) is 2.03. The highest BCUT2D eigenvalue weighted by atomic mass is 16.5. The summed E-state index contributed by atoms with van der Waals surface area (Å²) < 4.78 is 6.76. The van der Waals surface area contributed by atoms with E-state index in [1.165, 1.54) is 7.11 Å². The number of likely N-dealkylation sites (tertiary alicyclic amines) is 1. The first kappa shape index (κ1) is 13.1. The van der Waals surface area contributed by atoms with Crippen LogP contribution in [0.4, 0.5) is 0 Å². The van der Waals surface area contributed by atoms with E-state index in [4.69, 9.17) is 4.74 Å². The second kappa shape index (κ2) is 5.52. The summed E-state index contributed by atoms with van der Waals surface area (Å²) in [4.78, 5) is 13.9. The molecule has 0 radical (unpaired) electrons. The lowest BCUT2D eigenvalue weighted by Gasteiger charge is -2.21. The van der Waals surface area contributed by atoms with Crippen LogP contribution in [0.2, 0.25) is 0 Å². The maximum Gasteiger partial charge on any atom is 0.323 e. The fourth-order valence-electron chi connectivity index (χ4n) is 2.52. The molecular formula is C13H21N3O2. The van der Waals surface area contributed by atoms with Crippen molar-refractivity contribution in [3.05, 3.63) is 17.5 Å².